The lowest BCUT2D eigenvalue weighted by Crippen LogP contribution is -2.12. The Morgan fingerprint density at radius 3 is 2.51 bits per heavy atom. The van der Waals surface area contributed by atoms with E-state index in [-0.39, 0.29) is 18.1 Å². The molecule has 1 heterocycles. The Kier molecular flexibility index (Phi) is 8.96. The number of nitrogens with zero attached hydrogens (tertiary/aromatic N) is 4. The van der Waals surface area contributed by atoms with E-state index in [0.717, 1.165) is 15.7 Å². The van der Waals surface area contributed by atoms with Crippen LogP contribution in [0, 0.1) is 17.0 Å². The van der Waals surface area contributed by atoms with E-state index >= 15 is 0 Å². The van der Waals surface area contributed by atoms with E-state index in [9.17, 15) is 10.1 Å². The molecule has 12 heteroatoms. The van der Waals surface area contributed by atoms with Gasteiger partial charge in [0, 0.05) is 20.6 Å². The van der Waals surface area contributed by atoms with Crippen molar-refractivity contribution in [1.29, 1.82) is 0 Å². The van der Waals surface area contributed by atoms with Gasteiger partial charge in [-0.3, -0.25) is 14.7 Å². The van der Waals surface area contributed by atoms with E-state index < -0.39 is 5.25 Å². The van der Waals surface area contributed by atoms with Gasteiger partial charge in [-0.25, -0.2) is 0 Å². The smallest absolute Gasteiger partial charge is 0.220 e. The van der Waals surface area contributed by atoms with Crippen LogP contribution in [0.25, 0.3) is 5.69 Å². The Hall–Kier alpha value is -2.79. The fraction of sp³-hybridized carbons (Fsp3) is 0.200. The maximum atomic E-state index is 11.7. The summed E-state index contributed by atoms with van der Waals surface area (Å²) in [5.41, 5.74) is 2.28. The van der Waals surface area contributed by atoms with Gasteiger partial charge in [-0.15, -0.1) is 10.2 Å². The molecule has 0 amide bonds. The molecule has 0 aliphatic carbocycles. The molecule has 0 aliphatic rings. The van der Waals surface area contributed by atoms with Crippen LogP contribution in [0.1, 0.15) is 22.2 Å². The Morgan fingerprint density at radius 2 is 1.84 bits per heavy atom. The van der Waals surface area contributed by atoms with Crippen LogP contribution in [0.5, 0.6) is 11.5 Å². The van der Waals surface area contributed by atoms with Crippen molar-refractivity contribution in [2.24, 2.45) is 0 Å². The standard InChI is InChI=1S/C25H21BrCl2N4O4S/c1-15-29-30-25(32(15)18-5-7-19(35-2)8-6-18)37-24(13-31(33)34)20-12-17(26)4-10-23(20)36-14-16-3-9-21(27)22(28)11-16/h3-12,24H,13-14H2,1-2H3/t24-/m0/s1. The minimum Gasteiger partial charge on any atom is -0.497 e. The third-order valence-corrected chi connectivity index (χ3v) is 7.78. The molecule has 37 heavy (non-hydrogen) atoms. The summed E-state index contributed by atoms with van der Waals surface area (Å²) in [6.07, 6.45) is 0. The first kappa shape index (κ1) is 27.3. The molecule has 1 aromatic heterocycles. The second kappa shape index (κ2) is 12.2. The number of hydrogen-bond acceptors (Lipinski definition) is 7. The number of benzene rings is 3. The van der Waals surface area contributed by atoms with E-state index in [1.54, 1.807) is 25.3 Å². The monoisotopic (exact) mass is 622 g/mol. The van der Waals surface area contributed by atoms with Crippen LogP contribution in [-0.4, -0.2) is 33.3 Å². The summed E-state index contributed by atoms with van der Waals surface area (Å²) in [7, 11) is 1.60. The van der Waals surface area contributed by atoms with Gasteiger partial charge in [0.2, 0.25) is 6.54 Å². The fourth-order valence-corrected chi connectivity index (χ4v) is 5.49. The van der Waals surface area contributed by atoms with Crippen molar-refractivity contribution in [1.82, 2.24) is 14.8 Å². The Bertz CT molecular complexity index is 1420. The van der Waals surface area contributed by atoms with Gasteiger partial charge in [-0.05, 0) is 67.1 Å². The lowest BCUT2D eigenvalue weighted by Gasteiger charge is -2.18. The summed E-state index contributed by atoms with van der Waals surface area (Å²) in [4.78, 5) is 11.4. The Morgan fingerprint density at radius 1 is 1.08 bits per heavy atom. The normalized spacial score (nSPS) is 11.8. The summed E-state index contributed by atoms with van der Waals surface area (Å²) in [6, 6.07) is 18.1. The first-order chi connectivity index (χ1) is 17.7. The molecule has 1 atom stereocenters. The van der Waals surface area contributed by atoms with Gasteiger partial charge in [0.05, 0.1) is 17.2 Å². The van der Waals surface area contributed by atoms with E-state index in [0.29, 0.717) is 38.1 Å². The van der Waals surface area contributed by atoms with E-state index in [1.165, 1.54) is 11.8 Å². The van der Waals surface area contributed by atoms with Gasteiger partial charge in [-0.1, -0.05) is 57.0 Å². The van der Waals surface area contributed by atoms with Gasteiger partial charge in [-0.2, -0.15) is 0 Å². The molecule has 0 fully saturated rings. The van der Waals surface area contributed by atoms with Crippen LogP contribution < -0.4 is 9.47 Å². The fourth-order valence-electron chi connectivity index (χ4n) is 3.60. The summed E-state index contributed by atoms with van der Waals surface area (Å²) in [6.45, 7) is 1.69. The molecule has 0 unspecified atom stereocenters. The van der Waals surface area contributed by atoms with Crippen LogP contribution in [0.2, 0.25) is 10.0 Å². The van der Waals surface area contributed by atoms with Crippen molar-refractivity contribution in [3.8, 4) is 17.2 Å². The highest BCUT2D eigenvalue weighted by Crippen LogP contribution is 2.41. The molecule has 0 radical (unpaired) electrons. The number of aryl methyl sites for hydroxylation is 1. The van der Waals surface area contributed by atoms with Gasteiger partial charge in [0.25, 0.3) is 0 Å². The van der Waals surface area contributed by atoms with Crippen molar-refractivity contribution in [2.45, 2.75) is 23.9 Å². The third-order valence-electron chi connectivity index (χ3n) is 5.39. The Balaban J connectivity index is 1.66. The summed E-state index contributed by atoms with van der Waals surface area (Å²) in [5, 5.41) is 21.0. The highest BCUT2D eigenvalue weighted by atomic mass is 79.9. The number of ether oxygens (including phenoxy) is 2. The lowest BCUT2D eigenvalue weighted by molar-refractivity contribution is -0.479. The SMILES string of the molecule is COc1ccc(-n2c(C)nnc2S[C@@H](C[N+](=O)[O-])c2cc(Br)ccc2OCc2ccc(Cl)c(Cl)c2)cc1. The van der Waals surface area contributed by atoms with E-state index in [1.807, 2.05) is 54.0 Å². The number of hydrogen-bond donors (Lipinski definition) is 0. The zero-order valence-corrected chi connectivity index (χ0v) is 23.6. The van der Waals surface area contributed by atoms with Crippen LogP contribution in [0.3, 0.4) is 0 Å². The minimum atomic E-state index is -0.614. The predicted molar refractivity (Wildman–Crippen MR) is 148 cm³/mol. The molecule has 0 aliphatic heterocycles. The molecular weight excluding hydrogens is 603 g/mol. The van der Waals surface area contributed by atoms with Crippen molar-refractivity contribution in [2.75, 3.05) is 13.7 Å². The van der Waals surface area contributed by atoms with Crippen LogP contribution in [-0.2, 0) is 6.61 Å². The number of aromatic nitrogens is 3. The molecule has 0 spiro atoms. The number of halogens is 3. The highest BCUT2D eigenvalue weighted by Gasteiger charge is 2.27. The molecule has 4 rings (SSSR count). The molecule has 4 aromatic rings. The molecule has 0 saturated heterocycles. The van der Waals surface area contributed by atoms with Gasteiger partial charge < -0.3 is 9.47 Å². The number of rotatable bonds is 10. The van der Waals surface area contributed by atoms with Crippen molar-refractivity contribution < 1.29 is 14.4 Å². The molecule has 8 nitrogen and oxygen atoms in total. The predicted octanol–water partition coefficient (Wildman–Crippen LogP) is 7.34. The summed E-state index contributed by atoms with van der Waals surface area (Å²) in [5.74, 6) is 1.88. The van der Waals surface area contributed by atoms with Crippen molar-refractivity contribution in [3.63, 3.8) is 0 Å². The average Bonchev–Trinajstić information content (AvgIpc) is 3.24. The molecule has 0 bridgehead atoms. The molecule has 0 saturated carbocycles. The topological polar surface area (TPSA) is 92.3 Å². The third kappa shape index (κ3) is 6.75. The second-order valence-corrected chi connectivity index (χ2v) is 10.8. The Labute approximate surface area is 236 Å². The van der Waals surface area contributed by atoms with Crippen LogP contribution in [0.4, 0.5) is 0 Å². The maximum Gasteiger partial charge on any atom is 0.220 e. The van der Waals surface area contributed by atoms with Gasteiger partial charge >= 0.3 is 0 Å². The summed E-state index contributed by atoms with van der Waals surface area (Å²) < 4.78 is 14.0. The molecular formula is C25H21BrCl2N4O4S. The molecule has 192 valence electrons. The molecule has 0 N–H and O–H groups in total. The van der Waals surface area contributed by atoms with Crippen molar-refractivity contribution in [3.05, 3.63) is 102 Å². The van der Waals surface area contributed by atoms with E-state index in [4.69, 9.17) is 32.7 Å². The van der Waals surface area contributed by atoms with Crippen LogP contribution >= 0.6 is 50.9 Å². The quantitative estimate of drug-likeness (QED) is 0.104. The van der Waals surface area contributed by atoms with Crippen LogP contribution in [0.15, 0.2) is 70.3 Å². The van der Waals surface area contributed by atoms with Gasteiger partial charge in [0.15, 0.2) is 5.16 Å². The zero-order valence-electron chi connectivity index (χ0n) is 19.7. The van der Waals surface area contributed by atoms with Crippen molar-refractivity contribution >= 4 is 50.9 Å². The number of thioether (sulfide) groups is 1. The lowest BCUT2D eigenvalue weighted by atomic mass is 10.1. The van der Waals surface area contributed by atoms with Gasteiger partial charge in [0.1, 0.15) is 29.2 Å². The second-order valence-electron chi connectivity index (χ2n) is 7.90. The average molecular weight is 624 g/mol. The number of methoxy groups -OCH3 is 1. The first-order valence-corrected chi connectivity index (χ1v) is 13.4. The van der Waals surface area contributed by atoms with E-state index in [2.05, 4.69) is 26.1 Å². The zero-order chi connectivity index (χ0) is 26.5. The highest BCUT2D eigenvalue weighted by molar-refractivity contribution is 9.10. The largest absolute Gasteiger partial charge is 0.497 e. The summed E-state index contributed by atoms with van der Waals surface area (Å²) >= 11 is 16.9. The minimum absolute atomic E-state index is 0.211. The molecule has 3 aromatic carbocycles. The number of nitro groups is 1. The first-order valence-electron chi connectivity index (χ1n) is 11.0. The maximum absolute atomic E-state index is 11.7.